The highest BCUT2D eigenvalue weighted by molar-refractivity contribution is 5.82. The number of carbonyl (C=O) groups is 1. The van der Waals surface area contributed by atoms with Gasteiger partial charge in [-0.05, 0) is 12.1 Å². The predicted molar refractivity (Wildman–Crippen MR) is 74.9 cm³/mol. The Morgan fingerprint density at radius 1 is 1.32 bits per heavy atom. The van der Waals surface area contributed by atoms with Crippen LogP contribution < -0.4 is 0 Å². The van der Waals surface area contributed by atoms with Crippen LogP contribution in [-0.4, -0.2) is 33.9 Å². The van der Waals surface area contributed by atoms with E-state index in [1.807, 2.05) is 49.9 Å². The molecule has 1 N–H and O–H groups in total. The molecule has 1 aromatic carbocycles. The fourth-order valence-electron chi connectivity index (χ4n) is 2.46. The van der Waals surface area contributed by atoms with Gasteiger partial charge < -0.3 is 9.88 Å². The standard InChI is InChI=1S/C15H19N3O/c1-15(2,3)14(19)18-8-10(9-18)13-16-11-6-4-5-7-12(11)17-13/h4-7,10H,8-9H2,1-3H3,(H,16,17). The zero-order chi connectivity index (χ0) is 13.6. The molecule has 4 nitrogen and oxygen atoms in total. The van der Waals surface area contributed by atoms with Gasteiger partial charge in [0, 0.05) is 18.5 Å². The lowest BCUT2D eigenvalue weighted by Gasteiger charge is -2.41. The van der Waals surface area contributed by atoms with Crippen molar-refractivity contribution >= 4 is 16.9 Å². The Bertz CT molecular complexity index is 585. The molecule has 1 aromatic heterocycles. The van der Waals surface area contributed by atoms with E-state index in [0.29, 0.717) is 5.92 Å². The monoisotopic (exact) mass is 257 g/mol. The molecule has 0 atom stereocenters. The molecule has 0 radical (unpaired) electrons. The third-order valence-corrected chi connectivity index (χ3v) is 3.60. The first kappa shape index (κ1) is 12.2. The van der Waals surface area contributed by atoms with Crippen molar-refractivity contribution < 1.29 is 4.79 Å². The van der Waals surface area contributed by atoms with E-state index in [4.69, 9.17) is 0 Å². The van der Waals surface area contributed by atoms with E-state index in [1.165, 1.54) is 0 Å². The quantitative estimate of drug-likeness (QED) is 0.853. The summed E-state index contributed by atoms with van der Waals surface area (Å²) in [7, 11) is 0. The lowest BCUT2D eigenvalue weighted by atomic mass is 9.90. The van der Waals surface area contributed by atoms with Gasteiger partial charge in [-0.3, -0.25) is 4.79 Å². The number of hydrogen-bond donors (Lipinski definition) is 1. The summed E-state index contributed by atoms with van der Waals surface area (Å²) in [5.41, 5.74) is 1.77. The molecule has 1 saturated heterocycles. The highest BCUT2D eigenvalue weighted by Gasteiger charge is 2.38. The molecule has 1 aliphatic heterocycles. The number of benzene rings is 1. The molecule has 0 saturated carbocycles. The number of nitrogens with zero attached hydrogens (tertiary/aromatic N) is 2. The molecular formula is C15H19N3O. The fourth-order valence-corrected chi connectivity index (χ4v) is 2.46. The maximum absolute atomic E-state index is 12.1. The van der Waals surface area contributed by atoms with Crippen LogP contribution in [0.5, 0.6) is 0 Å². The van der Waals surface area contributed by atoms with Crippen molar-refractivity contribution in [2.75, 3.05) is 13.1 Å². The summed E-state index contributed by atoms with van der Waals surface area (Å²) < 4.78 is 0. The summed E-state index contributed by atoms with van der Waals surface area (Å²) >= 11 is 0. The van der Waals surface area contributed by atoms with Gasteiger partial charge in [0.15, 0.2) is 0 Å². The first-order chi connectivity index (χ1) is 8.95. The Hall–Kier alpha value is -1.84. The van der Waals surface area contributed by atoms with Crippen molar-refractivity contribution in [3.05, 3.63) is 30.1 Å². The van der Waals surface area contributed by atoms with Gasteiger partial charge in [0.2, 0.25) is 5.91 Å². The topological polar surface area (TPSA) is 49.0 Å². The van der Waals surface area contributed by atoms with Crippen LogP contribution in [0, 0.1) is 5.41 Å². The number of para-hydroxylation sites is 2. The van der Waals surface area contributed by atoms with Gasteiger partial charge in [0.25, 0.3) is 0 Å². The number of fused-ring (bicyclic) bond motifs is 1. The Kier molecular flexibility index (Phi) is 2.62. The maximum Gasteiger partial charge on any atom is 0.227 e. The molecular weight excluding hydrogens is 238 g/mol. The highest BCUT2D eigenvalue weighted by Crippen LogP contribution is 2.30. The molecule has 1 amide bonds. The van der Waals surface area contributed by atoms with Gasteiger partial charge >= 0.3 is 0 Å². The number of aromatic amines is 1. The van der Waals surface area contributed by atoms with E-state index in [0.717, 1.165) is 29.9 Å². The second-order valence-corrected chi connectivity index (χ2v) is 6.30. The molecule has 0 spiro atoms. The van der Waals surface area contributed by atoms with Crippen molar-refractivity contribution in [3.63, 3.8) is 0 Å². The number of hydrogen-bond acceptors (Lipinski definition) is 2. The van der Waals surface area contributed by atoms with E-state index in [-0.39, 0.29) is 11.3 Å². The predicted octanol–water partition coefficient (Wildman–Crippen LogP) is 2.53. The second kappa shape index (κ2) is 4.08. The summed E-state index contributed by atoms with van der Waals surface area (Å²) in [6, 6.07) is 8.03. The number of nitrogens with one attached hydrogen (secondary N) is 1. The zero-order valence-corrected chi connectivity index (χ0v) is 11.6. The van der Waals surface area contributed by atoms with Crippen LogP contribution in [0.4, 0.5) is 0 Å². The minimum atomic E-state index is -0.293. The van der Waals surface area contributed by atoms with Crippen LogP contribution in [0.15, 0.2) is 24.3 Å². The molecule has 2 aromatic rings. The number of rotatable bonds is 1. The lowest BCUT2D eigenvalue weighted by Crippen LogP contribution is -2.52. The van der Waals surface area contributed by atoms with Crippen LogP contribution in [0.2, 0.25) is 0 Å². The van der Waals surface area contributed by atoms with Crippen LogP contribution in [0.3, 0.4) is 0 Å². The van der Waals surface area contributed by atoms with Crippen LogP contribution in [0.25, 0.3) is 11.0 Å². The molecule has 2 heterocycles. The normalized spacial score (nSPS) is 16.7. The molecule has 19 heavy (non-hydrogen) atoms. The van der Waals surface area contributed by atoms with E-state index >= 15 is 0 Å². The summed E-state index contributed by atoms with van der Waals surface area (Å²) in [5.74, 6) is 1.57. The number of H-pyrrole nitrogens is 1. The van der Waals surface area contributed by atoms with Crippen molar-refractivity contribution in [2.24, 2.45) is 5.41 Å². The maximum atomic E-state index is 12.1. The fraction of sp³-hybridized carbons (Fsp3) is 0.467. The smallest absolute Gasteiger partial charge is 0.227 e. The Balaban J connectivity index is 1.72. The van der Waals surface area contributed by atoms with Crippen molar-refractivity contribution in [3.8, 4) is 0 Å². The molecule has 3 rings (SSSR count). The van der Waals surface area contributed by atoms with Crippen molar-refractivity contribution in [1.29, 1.82) is 0 Å². The van der Waals surface area contributed by atoms with Gasteiger partial charge in [-0.2, -0.15) is 0 Å². The van der Waals surface area contributed by atoms with Crippen molar-refractivity contribution in [2.45, 2.75) is 26.7 Å². The zero-order valence-electron chi connectivity index (χ0n) is 11.6. The Morgan fingerprint density at radius 3 is 2.63 bits per heavy atom. The first-order valence-corrected chi connectivity index (χ1v) is 6.69. The average molecular weight is 257 g/mol. The lowest BCUT2D eigenvalue weighted by molar-refractivity contribution is -0.144. The van der Waals surface area contributed by atoms with E-state index in [2.05, 4.69) is 9.97 Å². The first-order valence-electron chi connectivity index (χ1n) is 6.69. The molecule has 0 aliphatic carbocycles. The average Bonchev–Trinajstić information content (AvgIpc) is 2.68. The number of likely N-dealkylation sites (tertiary alicyclic amines) is 1. The molecule has 0 bridgehead atoms. The molecule has 4 heteroatoms. The largest absolute Gasteiger partial charge is 0.342 e. The molecule has 1 fully saturated rings. The number of imidazole rings is 1. The summed E-state index contributed by atoms with van der Waals surface area (Å²) in [6.45, 7) is 7.43. The summed E-state index contributed by atoms with van der Waals surface area (Å²) in [6.07, 6.45) is 0. The van der Waals surface area contributed by atoms with Crippen LogP contribution in [-0.2, 0) is 4.79 Å². The Morgan fingerprint density at radius 2 is 2.00 bits per heavy atom. The number of amides is 1. The minimum Gasteiger partial charge on any atom is -0.342 e. The van der Waals surface area contributed by atoms with E-state index in [9.17, 15) is 4.79 Å². The van der Waals surface area contributed by atoms with Gasteiger partial charge in [-0.25, -0.2) is 4.98 Å². The number of carbonyl (C=O) groups excluding carboxylic acids is 1. The van der Waals surface area contributed by atoms with Gasteiger partial charge in [0.1, 0.15) is 5.82 Å². The Labute approximate surface area is 112 Å². The summed E-state index contributed by atoms with van der Waals surface area (Å²) in [5, 5.41) is 0. The molecule has 100 valence electrons. The van der Waals surface area contributed by atoms with E-state index in [1.54, 1.807) is 0 Å². The highest BCUT2D eigenvalue weighted by atomic mass is 16.2. The minimum absolute atomic E-state index is 0.222. The molecule has 1 aliphatic rings. The third kappa shape index (κ3) is 2.11. The van der Waals surface area contributed by atoms with Gasteiger partial charge in [-0.1, -0.05) is 32.9 Å². The van der Waals surface area contributed by atoms with E-state index < -0.39 is 0 Å². The number of aromatic nitrogens is 2. The second-order valence-electron chi connectivity index (χ2n) is 6.30. The van der Waals surface area contributed by atoms with Gasteiger partial charge in [0.05, 0.1) is 17.0 Å². The van der Waals surface area contributed by atoms with Gasteiger partial charge in [-0.15, -0.1) is 0 Å². The third-order valence-electron chi connectivity index (χ3n) is 3.60. The molecule has 0 unspecified atom stereocenters. The van der Waals surface area contributed by atoms with Crippen molar-refractivity contribution in [1.82, 2.24) is 14.9 Å². The van der Waals surface area contributed by atoms with Crippen LogP contribution in [0.1, 0.15) is 32.5 Å². The summed E-state index contributed by atoms with van der Waals surface area (Å²) in [4.78, 5) is 21.9. The van der Waals surface area contributed by atoms with Crippen LogP contribution >= 0.6 is 0 Å². The SMILES string of the molecule is CC(C)(C)C(=O)N1CC(c2nc3ccccc3[nH]2)C1.